The Hall–Kier alpha value is -0.900. The van der Waals surface area contributed by atoms with E-state index in [4.69, 9.17) is 4.74 Å². The third kappa shape index (κ3) is 4.00. The SMILES string of the molecule is C=CCCC1=NC(CC(C)(C)F)C(O)O1. The highest BCUT2D eigenvalue weighted by Crippen LogP contribution is 2.25. The first-order valence-corrected chi connectivity index (χ1v) is 5.13. The second kappa shape index (κ2) is 4.75. The summed E-state index contributed by atoms with van der Waals surface area (Å²) in [7, 11) is 0. The van der Waals surface area contributed by atoms with Gasteiger partial charge in [0, 0.05) is 12.8 Å². The second-order valence-corrected chi connectivity index (χ2v) is 4.35. The summed E-state index contributed by atoms with van der Waals surface area (Å²) in [6, 6.07) is -0.482. The molecule has 0 aromatic heterocycles. The van der Waals surface area contributed by atoms with Gasteiger partial charge < -0.3 is 9.84 Å². The lowest BCUT2D eigenvalue weighted by Gasteiger charge is -2.18. The van der Waals surface area contributed by atoms with Crippen LogP contribution in [0.15, 0.2) is 17.6 Å². The molecule has 2 unspecified atom stereocenters. The first kappa shape index (κ1) is 12.2. The number of hydrogen-bond donors (Lipinski definition) is 1. The fourth-order valence-electron chi connectivity index (χ4n) is 1.49. The third-order valence-corrected chi connectivity index (χ3v) is 2.15. The van der Waals surface area contributed by atoms with Gasteiger partial charge in [0.1, 0.15) is 11.7 Å². The van der Waals surface area contributed by atoms with Gasteiger partial charge in [-0.05, 0) is 20.3 Å². The van der Waals surface area contributed by atoms with Crippen molar-refractivity contribution in [2.75, 3.05) is 0 Å². The summed E-state index contributed by atoms with van der Waals surface area (Å²) < 4.78 is 18.5. The maximum Gasteiger partial charge on any atom is 0.221 e. The second-order valence-electron chi connectivity index (χ2n) is 4.35. The number of aliphatic hydroxyl groups is 1. The molecule has 1 aliphatic rings. The Labute approximate surface area is 89.7 Å². The Morgan fingerprint density at radius 1 is 1.67 bits per heavy atom. The van der Waals surface area contributed by atoms with Crippen molar-refractivity contribution in [1.29, 1.82) is 0 Å². The van der Waals surface area contributed by atoms with Crippen LogP contribution in [0.25, 0.3) is 0 Å². The number of aliphatic hydroxyl groups excluding tert-OH is 1. The summed E-state index contributed by atoms with van der Waals surface area (Å²) in [5, 5.41) is 9.49. The van der Waals surface area contributed by atoms with Crippen LogP contribution in [0.5, 0.6) is 0 Å². The highest BCUT2D eigenvalue weighted by Gasteiger charge is 2.33. The summed E-state index contributed by atoms with van der Waals surface area (Å²) in [5.41, 5.74) is -1.34. The zero-order valence-corrected chi connectivity index (χ0v) is 9.24. The van der Waals surface area contributed by atoms with Crippen molar-refractivity contribution in [1.82, 2.24) is 0 Å². The molecule has 0 aromatic rings. The number of allylic oxidation sites excluding steroid dienone is 1. The Kier molecular flexibility index (Phi) is 3.85. The molecule has 0 fully saturated rings. The lowest BCUT2D eigenvalue weighted by Crippen LogP contribution is -2.28. The van der Waals surface area contributed by atoms with Crippen LogP contribution < -0.4 is 0 Å². The van der Waals surface area contributed by atoms with Crippen LogP contribution in [0.2, 0.25) is 0 Å². The zero-order valence-electron chi connectivity index (χ0n) is 9.24. The average Bonchev–Trinajstić information content (AvgIpc) is 2.41. The molecule has 1 aliphatic heterocycles. The van der Waals surface area contributed by atoms with E-state index in [1.807, 2.05) is 0 Å². The van der Waals surface area contributed by atoms with Gasteiger partial charge in [0.25, 0.3) is 0 Å². The van der Waals surface area contributed by atoms with E-state index in [9.17, 15) is 9.50 Å². The first-order valence-electron chi connectivity index (χ1n) is 5.13. The fraction of sp³-hybridized carbons (Fsp3) is 0.727. The van der Waals surface area contributed by atoms with Gasteiger partial charge in [-0.2, -0.15) is 0 Å². The Morgan fingerprint density at radius 2 is 2.33 bits per heavy atom. The summed E-state index contributed by atoms with van der Waals surface area (Å²) in [4.78, 5) is 4.15. The van der Waals surface area contributed by atoms with Crippen LogP contribution in [0.4, 0.5) is 4.39 Å². The molecule has 15 heavy (non-hydrogen) atoms. The summed E-state index contributed by atoms with van der Waals surface area (Å²) >= 11 is 0. The molecule has 2 atom stereocenters. The van der Waals surface area contributed by atoms with Crippen LogP contribution in [0.1, 0.15) is 33.1 Å². The van der Waals surface area contributed by atoms with E-state index in [1.54, 1.807) is 6.08 Å². The van der Waals surface area contributed by atoms with Gasteiger partial charge in [0.15, 0.2) is 5.90 Å². The number of nitrogens with zero attached hydrogens (tertiary/aromatic N) is 1. The highest BCUT2D eigenvalue weighted by molar-refractivity contribution is 5.78. The van der Waals surface area contributed by atoms with Gasteiger partial charge in [-0.15, -0.1) is 6.58 Å². The molecular formula is C11H18FNO2. The van der Waals surface area contributed by atoms with E-state index in [0.717, 1.165) is 6.42 Å². The molecule has 3 nitrogen and oxygen atoms in total. The molecule has 0 bridgehead atoms. The van der Waals surface area contributed by atoms with E-state index < -0.39 is 18.0 Å². The number of alkyl halides is 1. The van der Waals surface area contributed by atoms with Crippen LogP contribution in [0.3, 0.4) is 0 Å². The number of halogens is 1. The van der Waals surface area contributed by atoms with E-state index in [1.165, 1.54) is 13.8 Å². The number of aliphatic imine (C=N–C) groups is 1. The lowest BCUT2D eigenvalue weighted by atomic mass is 10.0. The van der Waals surface area contributed by atoms with Gasteiger partial charge in [-0.1, -0.05) is 6.08 Å². The monoisotopic (exact) mass is 215 g/mol. The zero-order chi connectivity index (χ0) is 11.5. The minimum Gasteiger partial charge on any atom is -0.450 e. The predicted octanol–water partition coefficient (Wildman–Crippen LogP) is 2.21. The molecule has 86 valence electrons. The maximum absolute atomic E-state index is 13.3. The lowest BCUT2D eigenvalue weighted by molar-refractivity contribution is -0.0386. The maximum atomic E-state index is 13.3. The molecule has 0 amide bonds. The Bertz CT molecular complexity index is 258. The van der Waals surface area contributed by atoms with Crippen LogP contribution in [0, 0.1) is 0 Å². The molecule has 0 spiro atoms. The van der Waals surface area contributed by atoms with E-state index in [2.05, 4.69) is 11.6 Å². The van der Waals surface area contributed by atoms with E-state index in [0.29, 0.717) is 12.3 Å². The molecule has 0 saturated carbocycles. The molecule has 1 rings (SSSR count). The predicted molar refractivity (Wildman–Crippen MR) is 57.5 cm³/mol. The normalized spacial score (nSPS) is 26.0. The Morgan fingerprint density at radius 3 is 2.87 bits per heavy atom. The third-order valence-electron chi connectivity index (χ3n) is 2.15. The number of hydrogen-bond acceptors (Lipinski definition) is 3. The Balaban J connectivity index is 2.51. The van der Waals surface area contributed by atoms with Gasteiger partial charge in [0.2, 0.25) is 6.29 Å². The van der Waals surface area contributed by atoms with Gasteiger partial charge in [0.05, 0.1) is 0 Å². The average molecular weight is 215 g/mol. The largest absolute Gasteiger partial charge is 0.450 e. The topological polar surface area (TPSA) is 41.8 Å². The minimum atomic E-state index is -1.34. The fourth-order valence-corrected chi connectivity index (χ4v) is 1.49. The molecular weight excluding hydrogens is 197 g/mol. The van der Waals surface area contributed by atoms with Gasteiger partial charge >= 0.3 is 0 Å². The molecule has 0 saturated heterocycles. The quantitative estimate of drug-likeness (QED) is 0.714. The molecule has 1 heterocycles. The van der Waals surface area contributed by atoms with Crippen molar-refractivity contribution < 1.29 is 14.2 Å². The van der Waals surface area contributed by atoms with Gasteiger partial charge in [-0.25, -0.2) is 9.38 Å². The van der Waals surface area contributed by atoms with Crippen molar-refractivity contribution in [3.05, 3.63) is 12.7 Å². The molecule has 0 radical (unpaired) electrons. The van der Waals surface area contributed by atoms with Crippen molar-refractivity contribution in [3.8, 4) is 0 Å². The van der Waals surface area contributed by atoms with E-state index >= 15 is 0 Å². The van der Waals surface area contributed by atoms with Crippen LogP contribution in [-0.2, 0) is 4.74 Å². The van der Waals surface area contributed by atoms with Crippen molar-refractivity contribution >= 4 is 5.90 Å². The van der Waals surface area contributed by atoms with Crippen LogP contribution >= 0.6 is 0 Å². The molecule has 0 aliphatic carbocycles. The summed E-state index contributed by atoms with van der Waals surface area (Å²) in [6.07, 6.45) is 2.29. The van der Waals surface area contributed by atoms with E-state index in [-0.39, 0.29) is 6.42 Å². The summed E-state index contributed by atoms with van der Waals surface area (Å²) in [6.45, 7) is 6.52. The molecule has 0 aromatic carbocycles. The van der Waals surface area contributed by atoms with Crippen molar-refractivity contribution in [2.24, 2.45) is 4.99 Å². The number of rotatable bonds is 5. The minimum absolute atomic E-state index is 0.172. The smallest absolute Gasteiger partial charge is 0.221 e. The van der Waals surface area contributed by atoms with Gasteiger partial charge in [-0.3, -0.25) is 0 Å². The highest BCUT2D eigenvalue weighted by atomic mass is 19.1. The number of ether oxygens (including phenoxy) is 1. The van der Waals surface area contributed by atoms with Crippen molar-refractivity contribution in [2.45, 2.75) is 51.1 Å². The van der Waals surface area contributed by atoms with Crippen molar-refractivity contribution in [3.63, 3.8) is 0 Å². The molecule has 4 heteroatoms. The standard InChI is InChI=1S/C11H18FNO2/c1-4-5-6-9-13-8(10(14)15-9)7-11(2,3)12/h4,8,10,14H,1,5-7H2,2-3H3. The first-order chi connectivity index (χ1) is 6.92. The molecule has 1 N–H and O–H groups in total. The van der Waals surface area contributed by atoms with Crippen LogP contribution in [-0.4, -0.2) is 29.0 Å². The summed E-state index contributed by atoms with van der Waals surface area (Å²) in [5.74, 6) is 0.497.